The monoisotopic (exact) mass is 335 g/mol. The maximum atomic E-state index is 12.3. The number of nitrogens with zero attached hydrogens (tertiary/aromatic N) is 1. The van der Waals surface area contributed by atoms with Gasteiger partial charge < -0.3 is 4.74 Å². The third-order valence-electron chi connectivity index (χ3n) is 3.59. The summed E-state index contributed by atoms with van der Waals surface area (Å²) >= 11 is 0. The molecule has 0 aliphatic heterocycles. The Bertz CT molecular complexity index is 902. The van der Waals surface area contributed by atoms with E-state index in [-0.39, 0.29) is 0 Å². The molecule has 1 heterocycles. The molecule has 0 aliphatic carbocycles. The van der Waals surface area contributed by atoms with E-state index >= 15 is 0 Å². The van der Waals surface area contributed by atoms with Crippen LogP contribution in [0.2, 0.25) is 0 Å². The van der Waals surface area contributed by atoms with Crippen LogP contribution < -0.4 is 15.6 Å². The van der Waals surface area contributed by atoms with E-state index in [1.54, 1.807) is 48.7 Å². The van der Waals surface area contributed by atoms with Gasteiger partial charge in [0.2, 0.25) is 0 Å². The van der Waals surface area contributed by atoms with Crippen LogP contribution in [0.1, 0.15) is 27.6 Å². The molecule has 0 aliphatic rings. The summed E-state index contributed by atoms with van der Waals surface area (Å²) in [5, 5.41) is 0.855. The normalized spacial score (nSPS) is 10.3. The number of carbonyl (C=O) groups excluding carboxylic acids is 2. The third-order valence-corrected chi connectivity index (χ3v) is 3.59. The topological polar surface area (TPSA) is 80.3 Å². The maximum Gasteiger partial charge on any atom is 0.271 e. The van der Waals surface area contributed by atoms with E-state index in [0.717, 1.165) is 5.39 Å². The van der Waals surface area contributed by atoms with Gasteiger partial charge in [-0.05, 0) is 43.3 Å². The van der Waals surface area contributed by atoms with Crippen LogP contribution in [-0.2, 0) is 0 Å². The number of para-hydroxylation sites is 1. The van der Waals surface area contributed by atoms with E-state index in [2.05, 4.69) is 15.8 Å². The van der Waals surface area contributed by atoms with Gasteiger partial charge in [0.1, 0.15) is 5.75 Å². The van der Waals surface area contributed by atoms with Gasteiger partial charge in [0.25, 0.3) is 11.8 Å². The molecule has 126 valence electrons. The number of benzene rings is 2. The molecule has 0 fully saturated rings. The van der Waals surface area contributed by atoms with Crippen LogP contribution in [0.3, 0.4) is 0 Å². The molecule has 25 heavy (non-hydrogen) atoms. The average molecular weight is 335 g/mol. The predicted molar refractivity (Wildman–Crippen MR) is 94.3 cm³/mol. The van der Waals surface area contributed by atoms with Crippen molar-refractivity contribution in [1.29, 1.82) is 0 Å². The van der Waals surface area contributed by atoms with Crippen molar-refractivity contribution >= 4 is 22.7 Å². The first-order valence-electron chi connectivity index (χ1n) is 7.86. The van der Waals surface area contributed by atoms with Crippen LogP contribution in [0.25, 0.3) is 10.9 Å². The smallest absolute Gasteiger partial charge is 0.271 e. The molecule has 6 nitrogen and oxygen atoms in total. The van der Waals surface area contributed by atoms with Crippen molar-refractivity contribution in [2.45, 2.75) is 6.92 Å². The lowest BCUT2D eigenvalue weighted by atomic mass is 10.1. The average Bonchev–Trinajstić information content (AvgIpc) is 2.66. The molecule has 0 saturated carbocycles. The van der Waals surface area contributed by atoms with Crippen LogP contribution >= 0.6 is 0 Å². The molecule has 0 spiro atoms. The van der Waals surface area contributed by atoms with Crippen molar-refractivity contribution in [3.05, 3.63) is 71.9 Å². The Kier molecular flexibility index (Phi) is 4.89. The largest absolute Gasteiger partial charge is 0.494 e. The molecular formula is C19H17N3O3. The molecule has 0 radical (unpaired) electrons. The Hall–Kier alpha value is -3.41. The summed E-state index contributed by atoms with van der Waals surface area (Å²) in [6.07, 6.45) is 1.62. The minimum atomic E-state index is -0.427. The molecule has 6 heteroatoms. The summed E-state index contributed by atoms with van der Waals surface area (Å²) in [5.74, 6) is -0.155. The van der Waals surface area contributed by atoms with E-state index in [0.29, 0.717) is 29.0 Å². The lowest BCUT2D eigenvalue weighted by molar-refractivity contribution is 0.0847. The standard InChI is InChI=1S/C19H17N3O3/c1-2-25-15-10-8-14(9-11-15)18(23)21-22-19(24)16-7-3-5-13-6-4-12-20-17(13)16/h3-12H,2H2,1H3,(H,21,23)(H,22,24). The Morgan fingerprint density at radius 1 is 0.960 bits per heavy atom. The van der Waals surface area contributed by atoms with Crippen molar-refractivity contribution in [3.63, 3.8) is 0 Å². The fourth-order valence-corrected chi connectivity index (χ4v) is 2.41. The number of pyridine rings is 1. The van der Waals surface area contributed by atoms with Gasteiger partial charge in [-0.1, -0.05) is 18.2 Å². The van der Waals surface area contributed by atoms with Crippen LogP contribution in [0.15, 0.2) is 60.8 Å². The van der Waals surface area contributed by atoms with E-state index in [4.69, 9.17) is 4.74 Å². The fraction of sp³-hybridized carbons (Fsp3) is 0.105. The van der Waals surface area contributed by atoms with Crippen LogP contribution in [0.4, 0.5) is 0 Å². The summed E-state index contributed by atoms with van der Waals surface area (Å²) in [6.45, 7) is 2.44. The SMILES string of the molecule is CCOc1ccc(C(=O)NNC(=O)c2cccc3cccnc23)cc1. The van der Waals surface area contributed by atoms with Gasteiger partial charge in [-0.3, -0.25) is 25.4 Å². The summed E-state index contributed by atoms with van der Waals surface area (Å²) < 4.78 is 5.33. The number of nitrogens with one attached hydrogen (secondary N) is 2. The Balaban J connectivity index is 1.68. The van der Waals surface area contributed by atoms with Gasteiger partial charge in [-0.15, -0.1) is 0 Å². The zero-order chi connectivity index (χ0) is 17.6. The minimum absolute atomic E-state index is 0.394. The summed E-state index contributed by atoms with van der Waals surface area (Å²) in [7, 11) is 0. The van der Waals surface area contributed by atoms with Crippen molar-refractivity contribution in [1.82, 2.24) is 15.8 Å². The molecule has 0 unspecified atom stereocenters. The molecule has 2 amide bonds. The first-order valence-corrected chi connectivity index (χ1v) is 7.86. The number of carbonyl (C=O) groups is 2. The molecule has 1 aromatic heterocycles. The second kappa shape index (κ2) is 7.44. The minimum Gasteiger partial charge on any atom is -0.494 e. The second-order valence-electron chi connectivity index (χ2n) is 5.25. The van der Waals surface area contributed by atoms with Gasteiger partial charge >= 0.3 is 0 Å². The molecule has 0 bridgehead atoms. The van der Waals surface area contributed by atoms with Gasteiger partial charge in [0.05, 0.1) is 17.7 Å². The first kappa shape index (κ1) is 16.4. The van der Waals surface area contributed by atoms with Crippen LogP contribution in [0.5, 0.6) is 5.75 Å². The van der Waals surface area contributed by atoms with Gasteiger partial charge in [0.15, 0.2) is 0 Å². The number of hydrogen-bond donors (Lipinski definition) is 2. The predicted octanol–water partition coefficient (Wildman–Crippen LogP) is 2.71. The first-order chi connectivity index (χ1) is 12.2. The quantitative estimate of drug-likeness (QED) is 0.719. The number of aromatic nitrogens is 1. The highest BCUT2D eigenvalue weighted by atomic mass is 16.5. The summed E-state index contributed by atoms with van der Waals surface area (Å²) in [6, 6.07) is 15.6. The summed E-state index contributed by atoms with van der Waals surface area (Å²) in [5.41, 5.74) is 6.22. The summed E-state index contributed by atoms with van der Waals surface area (Å²) in [4.78, 5) is 28.7. The molecule has 0 saturated heterocycles. The van der Waals surface area contributed by atoms with Gasteiger partial charge in [0, 0.05) is 17.1 Å². The lowest BCUT2D eigenvalue weighted by Crippen LogP contribution is -2.41. The van der Waals surface area contributed by atoms with Crippen molar-refractivity contribution in [2.75, 3.05) is 6.61 Å². The second-order valence-corrected chi connectivity index (χ2v) is 5.25. The Labute approximate surface area is 144 Å². The van der Waals surface area contributed by atoms with Crippen molar-refractivity contribution < 1.29 is 14.3 Å². The maximum absolute atomic E-state index is 12.3. The third kappa shape index (κ3) is 3.74. The molecule has 2 N–H and O–H groups in total. The highest BCUT2D eigenvalue weighted by Gasteiger charge is 2.12. The van der Waals surface area contributed by atoms with Crippen molar-refractivity contribution in [3.8, 4) is 5.75 Å². The van der Waals surface area contributed by atoms with E-state index in [1.165, 1.54) is 0 Å². The number of hydrogen-bond acceptors (Lipinski definition) is 4. The molecule has 2 aromatic carbocycles. The fourth-order valence-electron chi connectivity index (χ4n) is 2.41. The molecule has 3 aromatic rings. The van der Waals surface area contributed by atoms with Gasteiger partial charge in [-0.25, -0.2) is 0 Å². The number of ether oxygens (including phenoxy) is 1. The number of fused-ring (bicyclic) bond motifs is 1. The van der Waals surface area contributed by atoms with Gasteiger partial charge in [-0.2, -0.15) is 0 Å². The zero-order valence-electron chi connectivity index (χ0n) is 13.7. The Morgan fingerprint density at radius 2 is 1.68 bits per heavy atom. The van der Waals surface area contributed by atoms with Crippen LogP contribution in [0, 0.1) is 0 Å². The molecule has 0 atom stereocenters. The number of hydrazine groups is 1. The van der Waals surface area contributed by atoms with Crippen LogP contribution in [-0.4, -0.2) is 23.4 Å². The van der Waals surface area contributed by atoms with Crippen molar-refractivity contribution in [2.24, 2.45) is 0 Å². The zero-order valence-corrected chi connectivity index (χ0v) is 13.7. The van der Waals surface area contributed by atoms with E-state index in [9.17, 15) is 9.59 Å². The van der Waals surface area contributed by atoms with E-state index < -0.39 is 11.8 Å². The number of rotatable bonds is 4. The Morgan fingerprint density at radius 3 is 2.44 bits per heavy atom. The lowest BCUT2D eigenvalue weighted by Gasteiger charge is -2.09. The highest BCUT2D eigenvalue weighted by Crippen LogP contribution is 2.15. The molecule has 3 rings (SSSR count). The number of amides is 2. The molecular weight excluding hydrogens is 318 g/mol. The van der Waals surface area contributed by atoms with E-state index in [1.807, 2.05) is 19.1 Å². The highest BCUT2D eigenvalue weighted by molar-refractivity contribution is 6.06.